The molecule has 1 aliphatic rings. The Hall–Kier alpha value is -1.61. The third-order valence-corrected chi connectivity index (χ3v) is 3.46. The molecule has 1 aliphatic carbocycles. The average Bonchev–Trinajstić information content (AvgIpc) is 3.13. The minimum Gasteiger partial charge on any atom is -0.380 e. The van der Waals surface area contributed by atoms with E-state index in [2.05, 4.69) is 24.2 Å². The Labute approximate surface area is 107 Å². The van der Waals surface area contributed by atoms with E-state index in [9.17, 15) is 0 Å². The summed E-state index contributed by atoms with van der Waals surface area (Å²) in [4.78, 5) is 0. The fourth-order valence-corrected chi connectivity index (χ4v) is 2.32. The molecule has 0 atom stereocenters. The summed E-state index contributed by atoms with van der Waals surface area (Å²) in [5.74, 6) is 1.58. The summed E-state index contributed by atoms with van der Waals surface area (Å²) >= 11 is 0. The summed E-state index contributed by atoms with van der Waals surface area (Å²) in [5, 5.41) is 4.27. The van der Waals surface area contributed by atoms with Gasteiger partial charge in [0.2, 0.25) is 0 Å². The van der Waals surface area contributed by atoms with Crippen LogP contribution >= 0.6 is 0 Å². The van der Waals surface area contributed by atoms with E-state index in [4.69, 9.17) is 9.26 Å². The molecule has 1 heterocycles. The molecule has 0 amide bonds. The Morgan fingerprint density at radius 3 is 2.78 bits per heavy atom. The lowest BCUT2D eigenvalue weighted by Gasteiger charge is -2.05. The van der Waals surface area contributed by atoms with Gasteiger partial charge in [-0.25, -0.2) is 0 Å². The third-order valence-electron chi connectivity index (χ3n) is 3.46. The summed E-state index contributed by atoms with van der Waals surface area (Å²) in [6.07, 6.45) is 2.41. The van der Waals surface area contributed by atoms with Crippen molar-refractivity contribution >= 4 is 0 Å². The molecule has 0 radical (unpaired) electrons. The Kier molecular flexibility index (Phi) is 2.92. The summed E-state index contributed by atoms with van der Waals surface area (Å²) in [6, 6.07) is 8.25. The smallest absolute Gasteiger partial charge is 0.145 e. The van der Waals surface area contributed by atoms with Crippen LogP contribution in [0.25, 0.3) is 11.3 Å². The van der Waals surface area contributed by atoms with Crippen molar-refractivity contribution in [2.45, 2.75) is 32.3 Å². The molecule has 3 rings (SSSR count). The number of rotatable bonds is 4. The lowest BCUT2D eigenvalue weighted by Crippen LogP contribution is -1.94. The Bertz CT molecular complexity index is 555. The van der Waals surface area contributed by atoms with Crippen molar-refractivity contribution < 1.29 is 9.26 Å². The van der Waals surface area contributed by atoms with Gasteiger partial charge in [-0.2, -0.15) is 0 Å². The molecular formula is C15H17NO2. The van der Waals surface area contributed by atoms with E-state index in [1.54, 1.807) is 7.11 Å². The number of nitrogens with zero attached hydrogens (tertiary/aromatic N) is 1. The van der Waals surface area contributed by atoms with Gasteiger partial charge in [-0.05, 0) is 25.3 Å². The number of aryl methyl sites for hydroxylation is 1. The van der Waals surface area contributed by atoms with Crippen molar-refractivity contribution in [2.24, 2.45) is 0 Å². The van der Waals surface area contributed by atoms with Crippen LogP contribution < -0.4 is 0 Å². The molecule has 94 valence electrons. The molecule has 2 aromatic rings. The lowest BCUT2D eigenvalue weighted by atomic mass is 10.0. The molecule has 0 unspecified atom stereocenters. The van der Waals surface area contributed by atoms with E-state index < -0.39 is 0 Å². The maximum absolute atomic E-state index is 5.55. The zero-order chi connectivity index (χ0) is 12.5. The van der Waals surface area contributed by atoms with E-state index >= 15 is 0 Å². The first-order chi connectivity index (χ1) is 8.81. The number of hydrogen-bond acceptors (Lipinski definition) is 3. The molecule has 3 heteroatoms. The first-order valence-electron chi connectivity index (χ1n) is 6.34. The minimum absolute atomic E-state index is 0.556. The van der Waals surface area contributed by atoms with Gasteiger partial charge < -0.3 is 9.26 Å². The van der Waals surface area contributed by atoms with Gasteiger partial charge in [0, 0.05) is 24.2 Å². The SMILES string of the molecule is COCc1c(-c2ccccc2C)noc1C1CC1. The molecular weight excluding hydrogens is 226 g/mol. The van der Waals surface area contributed by atoms with E-state index in [-0.39, 0.29) is 0 Å². The molecule has 1 fully saturated rings. The van der Waals surface area contributed by atoms with Crippen molar-refractivity contribution in [1.29, 1.82) is 0 Å². The fourth-order valence-electron chi connectivity index (χ4n) is 2.32. The van der Waals surface area contributed by atoms with Crippen LogP contribution in [-0.4, -0.2) is 12.3 Å². The first-order valence-corrected chi connectivity index (χ1v) is 6.34. The molecule has 18 heavy (non-hydrogen) atoms. The monoisotopic (exact) mass is 243 g/mol. The molecule has 0 bridgehead atoms. The first kappa shape index (κ1) is 11.5. The maximum atomic E-state index is 5.55. The number of aromatic nitrogens is 1. The van der Waals surface area contributed by atoms with Gasteiger partial charge in [0.1, 0.15) is 11.5 Å². The fraction of sp³-hybridized carbons (Fsp3) is 0.400. The highest BCUT2D eigenvalue weighted by Crippen LogP contribution is 2.44. The van der Waals surface area contributed by atoms with Crippen LogP contribution in [0, 0.1) is 6.92 Å². The van der Waals surface area contributed by atoms with Crippen LogP contribution in [0.15, 0.2) is 28.8 Å². The highest BCUT2D eigenvalue weighted by Gasteiger charge is 2.32. The van der Waals surface area contributed by atoms with Crippen LogP contribution in [0.1, 0.15) is 35.6 Å². The highest BCUT2D eigenvalue weighted by molar-refractivity contribution is 5.67. The molecule has 0 aliphatic heterocycles. The Morgan fingerprint density at radius 1 is 1.33 bits per heavy atom. The third kappa shape index (κ3) is 1.95. The highest BCUT2D eigenvalue weighted by atomic mass is 16.5. The average molecular weight is 243 g/mol. The van der Waals surface area contributed by atoms with Crippen LogP contribution in [0.3, 0.4) is 0 Å². The van der Waals surface area contributed by atoms with E-state index in [1.165, 1.54) is 18.4 Å². The van der Waals surface area contributed by atoms with Gasteiger partial charge in [-0.3, -0.25) is 0 Å². The molecule has 1 aromatic carbocycles. The quantitative estimate of drug-likeness (QED) is 0.821. The second kappa shape index (κ2) is 4.58. The molecule has 0 spiro atoms. The van der Waals surface area contributed by atoms with Crippen molar-refractivity contribution in [1.82, 2.24) is 5.16 Å². The van der Waals surface area contributed by atoms with Crippen molar-refractivity contribution in [2.75, 3.05) is 7.11 Å². The summed E-state index contributed by atoms with van der Waals surface area (Å²) in [5.41, 5.74) is 4.41. The van der Waals surface area contributed by atoms with Gasteiger partial charge in [-0.15, -0.1) is 0 Å². The zero-order valence-corrected chi connectivity index (χ0v) is 10.8. The summed E-state index contributed by atoms with van der Waals surface area (Å²) in [7, 11) is 1.71. The minimum atomic E-state index is 0.556. The Balaban J connectivity index is 2.08. The van der Waals surface area contributed by atoms with Crippen LogP contribution in [0.4, 0.5) is 0 Å². The van der Waals surface area contributed by atoms with E-state index in [1.807, 2.05) is 12.1 Å². The van der Waals surface area contributed by atoms with Gasteiger partial charge in [-0.1, -0.05) is 29.4 Å². The lowest BCUT2D eigenvalue weighted by molar-refractivity contribution is 0.183. The standard InChI is InChI=1S/C15H17NO2/c1-10-5-3-4-6-12(10)14-13(9-17-2)15(18-16-14)11-7-8-11/h3-6,11H,7-9H2,1-2H3. The number of ether oxygens (including phenoxy) is 1. The Morgan fingerprint density at radius 2 is 2.11 bits per heavy atom. The zero-order valence-electron chi connectivity index (χ0n) is 10.8. The summed E-state index contributed by atoms with van der Waals surface area (Å²) in [6.45, 7) is 2.66. The second-order valence-corrected chi connectivity index (χ2v) is 4.90. The van der Waals surface area contributed by atoms with Crippen LogP contribution in [0.5, 0.6) is 0 Å². The van der Waals surface area contributed by atoms with Crippen molar-refractivity contribution in [3.8, 4) is 11.3 Å². The van der Waals surface area contributed by atoms with Gasteiger partial charge >= 0.3 is 0 Å². The molecule has 0 saturated heterocycles. The topological polar surface area (TPSA) is 35.3 Å². The molecule has 3 nitrogen and oxygen atoms in total. The van der Waals surface area contributed by atoms with E-state index in [0.717, 1.165) is 22.6 Å². The normalized spacial score (nSPS) is 15.0. The summed E-state index contributed by atoms with van der Waals surface area (Å²) < 4.78 is 10.9. The van der Waals surface area contributed by atoms with E-state index in [0.29, 0.717) is 12.5 Å². The van der Waals surface area contributed by atoms with Gasteiger partial charge in [0.25, 0.3) is 0 Å². The van der Waals surface area contributed by atoms with Crippen LogP contribution in [-0.2, 0) is 11.3 Å². The second-order valence-electron chi connectivity index (χ2n) is 4.90. The van der Waals surface area contributed by atoms with Crippen molar-refractivity contribution in [3.63, 3.8) is 0 Å². The molecule has 1 aromatic heterocycles. The molecule has 1 saturated carbocycles. The number of hydrogen-bond donors (Lipinski definition) is 0. The predicted molar refractivity (Wildman–Crippen MR) is 69.4 cm³/mol. The molecule has 0 N–H and O–H groups in total. The maximum Gasteiger partial charge on any atom is 0.145 e. The predicted octanol–water partition coefficient (Wildman–Crippen LogP) is 3.67. The largest absolute Gasteiger partial charge is 0.380 e. The van der Waals surface area contributed by atoms with Gasteiger partial charge in [0.15, 0.2) is 0 Å². The number of benzene rings is 1. The van der Waals surface area contributed by atoms with Gasteiger partial charge in [0.05, 0.1) is 6.61 Å². The van der Waals surface area contributed by atoms with Crippen molar-refractivity contribution in [3.05, 3.63) is 41.2 Å². The van der Waals surface area contributed by atoms with Crippen LogP contribution in [0.2, 0.25) is 0 Å². The number of methoxy groups -OCH3 is 1.